The van der Waals surface area contributed by atoms with Gasteiger partial charge in [0.25, 0.3) is 0 Å². The summed E-state index contributed by atoms with van der Waals surface area (Å²) in [6, 6.07) is 8.25. The van der Waals surface area contributed by atoms with Crippen LogP contribution in [0.4, 0.5) is 13.2 Å². The highest BCUT2D eigenvalue weighted by atomic mass is 32.1. The maximum atomic E-state index is 11.9. The van der Waals surface area contributed by atoms with Gasteiger partial charge in [0.2, 0.25) is 0 Å². The number of aromatic amines is 3. The number of halogens is 3. The van der Waals surface area contributed by atoms with Gasteiger partial charge >= 0.3 is 12.1 Å². The van der Waals surface area contributed by atoms with E-state index in [4.69, 9.17) is 39.7 Å². The predicted octanol–water partition coefficient (Wildman–Crippen LogP) is 6.49. The minimum absolute atomic E-state index is 0.161. The van der Waals surface area contributed by atoms with E-state index >= 15 is 0 Å². The summed E-state index contributed by atoms with van der Waals surface area (Å²) in [6.45, 7) is 7.55. The molecule has 194 valence electrons. The molecule has 0 amide bonds. The fraction of sp³-hybridized carbons (Fsp3) is 0.261. The molecule has 8 nitrogen and oxygen atoms in total. The van der Waals surface area contributed by atoms with Gasteiger partial charge in [-0.3, -0.25) is 0 Å². The second kappa shape index (κ2) is 14.1. The van der Waals surface area contributed by atoms with Crippen LogP contribution in [0, 0.1) is 57.5 Å². The van der Waals surface area contributed by atoms with Crippen molar-refractivity contribution in [1.82, 2.24) is 19.9 Å². The number of carbonyl (C=O) groups excluding carboxylic acids is 1. The molecule has 0 aliphatic carbocycles. The molecule has 0 unspecified atom stereocenters. The monoisotopic (exact) mass is 566 g/mol. The minimum atomic E-state index is -4.38. The number of aromatic nitrogens is 4. The van der Waals surface area contributed by atoms with Crippen LogP contribution in [0.3, 0.4) is 0 Å². The van der Waals surface area contributed by atoms with Crippen molar-refractivity contribution in [2.75, 3.05) is 6.61 Å². The van der Waals surface area contributed by atoms with Gasteiger partial charge in [0.05, 0.1) is 17.7 Å². The molecule has 0 spiro atoms. The van der Waals surface area contributed by atoms with Crippen molar-refractivity contribution in [3.8, 4) is 12.1 Å². The highest BCUT2D eigenvalue weighted by Gasteiger charge is 2.31. The largest absolute Gasteiger partial charge is 0.462 e. The lowest BCUT2D eigenvalue weighted by molar-refractivity contribution is -0.141. The zero-order valence-corrected chi connectivity index (χ0v) is 22.5. The molecule has 37 heavy (non-hydrogen) atoms. The Kier molecular flexibility index (Phi) is 12.0. The third kappa shape index (κ3) is 9.69. The molecule has 0 radical (unpaired) electrons. The fourth-order valence-corrected chi connectivity index (χ4v) is 3.55. The summed E-state index contributed by atoms with van der Waals surface area (Å²) in [5.74, 6) is -0.516. The van der Waals surface area contributed by atoms with E-state index in [2.05, 4.69) is 33.2 Å². The van der Waals surface area contributed by atoms with E-state index in [9.17, 15) is 18.0 Å². The van der Waals surface area contributed by atoms with Crippen molar-refractivity contribution in [1.29, 1.82) is 10.5 Å². The van der Waals surface area contributed by atoms with Gasteiger partial charge in [-0.2, -0.15) is 23.7 Å². The summed E-state index contributed by atoms with van der Waals surface area (Å²) >= 11 is 14.3. The lowest BCUT2D eigenvalue weighted by Crippen LogP contribution is -2.08. The molecule has 3 aromatic heterocycles. The summed E-state index contributed by atoms with van der Waals surface area (Å²) in [5.41, 5.74) is 2.74. The van der Waals surface area contributed by atoms with Gasteiger partial charge in [-0.05, 0) is 63.7 Å². The second-order valence-corrected chi connectivity index (χ2v) is 8.34. The third-order valence-corrected chi connectivity index (χ3v) is 5.05. The number of hydrogen-bond donors (Lipinski definition) is 3. The zero-order valence-electron chi connectivity index (χ0n) is 20.0. The lowest BCUT2D eigenvalue weighted by Gasteiger charge is -2.04. The molecule has 0 saturated carbocycles. The quantitative estimate of drug-likeness (QED) is 0.237. The van der Waals surface area contributed by atoms with Gasteiger partial charge in [0.15, 0.2) is 4.77 Å². The van der Waals surface area contributed by atoms with E-state index in [1.54, 1.807) is 19.9 Å². The van der Waals surface area contributed by atoms with Gasteiger partial charge in [0, 0.05) is 17.6 Å². The molecule has 0 fully saturated rings. The van der Waals surface area contributed by atoms with Crippen LogP contribution in [0.2, 0.25) is 0 Å². The standard InChI is InChI=1S/C10H10N2O2S.C8H8N2S.C5H3F3N2S/c1-3-14-10(13)7-4-6(2)12-9(15)8(7)5-11;1-5-3-6(2)10-8(11)7(5)4-9;6-5(7,8)3-1-2-9-4(11)10-3/h4H,3H2,1-2H3,(H,12,15);3H,1-2H3,(H,10,11);1-2H,(H,9,10,11). The second-order valence-electron chi connectivity index (χ2n) is 7.14. The zero-order chi connectivity index (χ0) is 28.3. The molecule has 14 heteroatoms. The van der Waals surface area contributed by atoms with Crippen LogP contribution in [0.25, 0.3) is 0 Å². The van der Waals surface area contributed by atoms with Crippen LogP contribution >= 0.6 is 36.7 Å². The number of aryl methyl sites for hydroxylation is 3. The number of esters is 1. The highest BCUT2D eigenvalue weighted by Crippen LogP contribution is 2.26. The molecule has 3 N–H and O–H groups in total. The number of carbonyl (C=O) groups is 1. The Morgan fingerprint density at radius 2 is 1.54 bits per heavy atom. The summed E-state index contributed by atoms with van der Waals surface area (Å²) in [6.07, 6.45) is -3.36. The first-order chi connectivity index (χ1) is 17.2. The van der Waals surface area contributed by atoms with E-state index in [1.807, 2.05) is 31.0 Å². The van der Waals surface area contributed by atoms with Crippen LogP contribution in [-0.4, -0.2) is 32.5 Å². The number of alkyl halides is 3. The number of rotatable bonds is 2. The van der Waals surface area contributed by atoms with Crippen molar-refractivity contribution in [3.63, 3.8) is 0 Å². The molecule has 3 rings (SSSR count). The van der Waals surface area contributed by atoms with Crippen LogP contribution < -0.4 is 0 Å². The number of ether oxygens (including phenoxy) is 1. The average Bonchev–Trinajstić information content (AvgIpc) is 2.79. The number of nitrogens with one attached hydrogen (secondary N) is 3. The molecule has 0 atom stereocenters. The van der Waals surface area contributed by atoms with Crippen LogP contribution in [0.1, 0.15) is 51.1 Å². The Bertz CT molecular complexity index is 1530. The normalized spacial score (nSPS) is 9.97. The van der Waals surface area contributed by atoms with Crippen molar-refractivity contribution in [2.24, 2.45) is 0 Å². The number of pyridine rings is 2. The van der Waals surface area contributed by atoms with E-state index in [1.165, 1.54) is 0 Å². The number of nitriles is 2. The van der Waals surface area contributed by atoms with Crippen LogP contribution in [0.5, 0.6) is 0 Å². The van der Waals surface area contributed by atoms with Gasteiger partial charge in [-0.25, -0.2) is 9.78 Å². The molecule has 0 saturated heterocycles. The first-order valence-electron chi connectivity index (χ1n) is 10.3. The maximum absolute atomic E-state index is 11.9. The molecular weight excluding hydrogens is 545 g/mol. The van der Waals surface area contributed by atoms with Gasteiger partial charge < -0.3 is 19.7 Å². The lowest BCUT2D eigenvalue weighted by atomic mass is 10.1. The maximum Gasteiger partial charge on any atom is 0.431 e. The summed E-state index contributed by atoms with van der Waals surface area (Å²) in [4.78, 5) is 22.6. The molecule has 3 aromatic rings. The van der Waals surface area contributed by atoms with Crippen molar-refractivity contribution >= 4 is 42.6 Å². The average molecular weight is 567 g/mol. The van der Waals surface area contributed by atoms with E-state index in [0.29, 0.717) is 10.2 Å². The predicted molar refractivity (Wildman–Crippen MR) is 137 cm³/mol. The first kappa shape index (κ1) is 31.3. The summed E-state index contributed by atoms with van der Waals surface area (Å²) in [7, 11) is 0. The Balaban J connectivity index is 0.000000283. The minimum Gasteiger partial charge on any atom is -0.462 e. The summed E-state index contributed by atoms with van der Waals surface area (Å²) < 4.78 is 41.0. The number of H-pyrrole nitrogens is 3. The molecule has 0 aliphatic heterocycles. The van der Waals surface area contributed by atoms with Gasteiger partial charge in [0.1, 0.15) is 32.7 Å². The van der Waals surface area contributed by atoms with Gasteiger partial charge in [-0.1, -0.05) is 24.4 Å². The van der Waals surface area contributed by atoms with Crippen molar-refractivity contribution in [2.45, 2.75) is 33.9 Å². The Hall–Kier alpha value is -3.72. The fourth-order valence-electron chi connectivity index (χ4n) is 2.70. The molecule has 0 bridgehead atoms. The summed E-state index contributed by atoms with van der Waals surface area (Å²) in [5, 5.41) is 17.5. The van der Waals surface area contributed by atoms with Gasteiger partial charge in [-0.15, -0.1) is 0 Å². The molecule has 0 aliphatic rings. The van der Waals surface area contributed by atoms with Crippen LogP contribution in [0.15, 0.2) is 24.4 Å². The SMILES string of the molecule is CCOC(=O)c1cc(C)[nH]c(=S)c1C#N.Cc1cc(C)c(C#N)c(=S)[nH]1.FC(F)(F)c1ccnc(=S)[nH]1. The Labute approximate surface area is 225 Å². The van der Waals surface area contributed by atoms with Crippen molar-refractivity contribution < 1.29 is 22.7 Å². The van der Waals surface area contributed by atoms with Crippen molar-refractivity contribution in [3.05, 3.63) is 77.8 Å². The number of hydrogen-bond acceptors (Lipinski definition) is 8. The number of nitrogens with zero attached hydrogens (tertiary/aromatic N) is 3. The van der Waals surface area contributed by atoms with E-state index in [0.717, 1.165) is 29.2 Å². The third-order valence-electron chi connectivity index (χ3n) is 4.23. The highest BCUT2D eigenvalue weighted by molar-refractivity contribution is 7.71. The Morgan fingerprint density at radius 3 is 1.97 bits per heavy atom. The topological polar surface area (TPSA) is 134 Å². The molecular formula is C23H21F3N6O2S3. The van der Waals surface area contributed by atoms with Crippen LogP contribution in [-0.2, 0) is 10.9 Å². The first-order valence-corrected chi connectivity index (χ1v) is 11.5. The molecule has 3 heterocycles. The Morgan fingerprint density at radius 1 is 1.00 bits per heavy atom. The van der Waals surface area contributed by atoms with E-state index < -0.39 is 17.8 Å². The smallest absolute Gasteiger partial charge is 0.431 e. The molecule has 0 aromatic carbocycles. The van der Waals surface area contributed by atoms with E-state index in [-0.39, 0.29) is 27.1 Å².